The zero-order valence-corrected chi connectivity index (χ0v) is 17.7. The van der Waals surface area contributed by atoms with Gasteiger partial charge < -0.3 is 9.80 Å². The Hall–Kier alpha value is -1.10. The highest BCUT2D eigenvalue weighted by Crippen LogP contribution is 2.31. The van der Waals surface area contributed by atoms with E-state index < -0.39 is 0 Å². The summed E-state index contributed by atoms with van der Waals surface area (Å²) in [7, 11) is 1.93. The van der Waals surface area contributed by atoms with E-state index in [2.05, 4.69) is 30.6 Å². The summed E-state index contributed by atoms with van der Waals surface area (Å²) in [5.41, 5.74) is 0. The average molecular weight is 366 g/mol. The summed E-state index contributed by atoms with van der Waals surface area (Å²) in [4.78, 5) is 30.2. The quantitative estimate of drug-likeness (QED) is 0.752. The molecule has 0 bridgehead atoms. The number of likely N-dealkylation sites (N-methyl/N-ethyl adjacent to an activating group) is 1. The molecule has 5 heteroatoms. The van der Waals surface area contributed by atoms with Crippen LogP contribution in [0.1, 0.15) is 60.3 Å². The van der Waals surface area contributed by atoms with E-state index in [0.717, 1.165) is 45.4 Å². The van der Waals surface area contributed by atoms with Gasteiger partial charge in [0, 0.05) is 52.6 Å². The number of amides is 2. The molecule has 26 heavy (non-hydrogen) atoms. The molecule has 4 atom stereocenters. The summed E-state index contributed by atoms with van der Waals surface area (Å²) in [6.07, 6.45) is 4.64. The Balaban J connectivity index is 1.95. The minimum Gasteiger partial charge on any atom is -0.342 e. The first-order valence-electron chi connectivity index (χ1n) is 10.4. The minimum absolute atomic E-state index is 0.161. The summed E-state index contributed by atoms with van der Waals surface area (Å²) < 4.78 is 0. The van der Waals surface area contributed by atoms with Gasteiger partial charge in [-0.2, -0.15) is 0 Å². The van der Waals surface area contributed by atoms with Gasteiger partial charge >= 0.3 is 0 Å². The molecule has 2 fully saturated rings. The van der Waals surface area contributed by atoms with E-state index in [0.29, 0.717) is 29.8 Å². The van der Waals surface area contributed by atoms with Crippen molar-refractivity contribution in [2.24, 2.45) is 17.8 Å². The monoisotopic (exact) mass is 365 g/mol. The molecule has 2 amide bonds. The third-order valence-corrected chi connectivity index (χ3v) is 6.73. The fourth-order valence-corrected chi connectivity index (χ4v) is 4.75. The summed E-state index contributed by atoms with van der Waals surface area (Å²) in [6.45, 7) is 14.2. The van der Waals surface area contributed by atoms with Crippen LogP contribution in [0.15, 0.2) is 0 Å². The van der Waals surface area contributed by atoms with E-state index in [4.69, 9.17) is 0 Å². The third kappa shape index (κ3) is 5.45. The maximum absolute atomic E-state index is 12.0. The molecule has 0 aromatic carbocycles. The van der Waals surface area contributed by atoms with Crippen LogP contribution < -0.4 is 0 Å². The first kappa shape index (κ1) is 21.2. The Kier molecular flexibility index (Phi) is 7.51. The van der Waals surface area contributed by atoms with Crippen LogP contribution >= 0.6 is 0 Å². The fourth-order valence-electron chi connectivity index (χ4n) is 4.75. The Morgan fingerprint density at radius 2 is 1.81 bits per heavy atom. The van der Waals surface area contributed by atoms with Gasteiger partial charge in [-0.25, -0.2) is 0 Å². The highest BCUT2D eigenvalue weighted by Gasteiger charge is 2.33. The Morgan fingerprint density at radius 1 is 1.12 bits per heavy atom. The Morgan fingerprint density at radius 3 is 2.38 bits per heavy atom. The fraction of sp³-hybridized carbons (Fsp3) is 0.905. The highest BCUT2D eigenvalue weighted by atomic mass is 16.2. The SMILES string of the molecule is CC(=O)N1CC(CC(C)N2CCCC(N(C)C(C)=O)C2)CC(C(C)C)C1. The summed E-state index contributed by atoms with van der Waals surface area (Å²) >= 11 is 0. The molecule has 2 aliphatic rings. The predicted molar refractivity (Wildman–Crippen MR) is 106 cm³/mol. The smallest absolute Gasteiger partial charge is 0.219 e. The molecule has 2 saturated heterocycles. The molecule has 5 nitrogen and oxygen atoms in total. The Bertz CT molecular complexity index is 494. The lowest BCUT2D eigenvalue weighted by molar-refractivity contribution is -0.132. The maximum atomic E-state index is 12.0. The molecule has 2 rings (SSSR count). The average Bonchev–Trinajstić information content (AvgIpc) is 2.60. The second-order valence-corrected chi connectivity index (χ2v) is 9.04. The van der Waals surface area contributed by atoms with Gasteiger partial charge in [-0.1, -0.05) is 13.8 Å². The number of carbonyl (C=O) groups is 2. The van der Waals surface area contributed by atoms with Gasteiger partial charge in [0.1, 0.15) is 0 Å². The topological polar surface area (TPSA) is 43.9 Å². The van der Waals surface area contributed by atoms with Crippen LogP contribution in [-0.4, -0.2) is 71.8 Å². The number of hydrogen-bond acceptors (Lipinski definition) is 3. The van der Waals surface area contributed by atoms with Gasteiger partial charge in [0.2, 0.25) is 11.8 Å². The van der Waals surface area contributed by atoms with Crippen molar-refractivity contribution >= 4 is 11.8 Å². The van der Waals surface area contributed by atoms with E-state index in [1.54, 1.807) is 13.8 Å². The lowest BCUT2D eigenvalue weighted by Gasteiger charge is -2.43. The number of hydrogen-bond donors (Lipinski definition) is 0. The normalized spacial score (nSPS) is 28.9. The standard InChI is InChI=1S/C21H39N3O2/c1-15(2)20-11-19(12-24(13-20)18(5)26)10-16(3)23-9-7-8-21(14-23)22(6)17(4)25/h15-16,19-21H,7-14H2,1-6H3. The van der Waals surface area contributed by atoms with Crippen molar-refractivity contribution in [3.05, 3.63) is 0 Å². The van der Waals surface area contributed by atoms with Crippen LogP contribution in [0.25, 0.3) is 0 Å². The number of piperidine rings is 2. The van der Waals surface area contributed by atoms with Crippen molar-refractivity contribution in [2.75, 3.05) is 33.2 Å². The van der Waals surface area contributed by atoms with Crippen LogP contribution in [0.5, 0.6) is 0 Å². The molecular weight excluding hydrogens is 326 g/mol. The molecule has 4 unspecified atom stereocenters. The molecule has 0 aliphatic carbocycles. The van der Waals surface area contributed by atoms with Crippen LogP contribution in [0.2, 0.25) is 0 Å². The van der Waals surface area contributed by atoms with Gasteiger partial charge in [-0.05, 0) is 56.9 Å². The molecule has 0 N–H and O–H groups in total. The molecular formula is C21H39N3O2. The van der Waals surface area contributed by atoms with Crippen LogP contribution in [0.3, 0.4) is 0 Å². The van der Waals surface area contributed by atoms with Crippen LogP contribution in [0.4, 0.5) is 0 Å². The minimum atomic E-state index is 0.161. The van der Waals surface area contributed by atoms with E-state index in [1.165, 1.54) is 6.42 Å². The first-order valence-corrected chi connectivity index (χ1v) is 10.4. The molecule has 2 heterocycles. The van der Waals surface area contributed by atoms with Crippen molar-refractivity contribution in [3.8, 4) is 0 Å². The largest absolute Gasteiger partial charge is 0.342 e. The van der Waals surface area contributed by atoms with E-state index in [-0.39, 0.29) is 11.8 Å². The van der Waals surface area contributed by atoms with Gasteiger partial charge in [0.25, 0.3) is 0 Å². The van der Waals surface area contributed by atoms with Crippen molar-refractivity contribution in [3.63, 3.8) is 0 Å². The molecule has 0 saturated carbocycles. The zero-order chi connectivity index (χ0) is 19.4. The molecule has 150 valence electrons. The first-order chi connectivity index (χ1) is 12.2. The van der Waals surface area contributed by atoms with E-state index in [9.17, 15) is 9.59 Å². The number of carbonyl (C=O) groups excluding carboxylic acids is 2. The van der Waals surface area contributed by atoms with Gasteiger partial charge in [0.05, 0.1) is 0 Å². The zero-order valence-electron chi connectivity index (χ0n) is 17.7. The van der Waals surface area contributed by atoms with Gasteiger partial charge in [-0.15, -0.1) is 0 Å². The number of nitrogens with zero attached hydrogens (tertiary/aromatic N) is 3. The highest BCUT2D eigenvalue weighted by molar-refractivity contribution is 5.73. The second kappa shape index (κ2) is 9.20. The summed E-state index contributed by atoms with van der Waals surface area (Å²) in [5.74, 6) is 2.20. The third-order valence-electron chi connectivity index (χ3n) is 6.73. The second-order valence-electron chi connectivity index (χ2n) is 9.04. The van der Waals surface area contributed by atoms with E-state index in [1.807, 2.05) is 11.9 Å². The molecule has 0 aromatic heterocycles. The maximum Gasteiger partial charge on any atom is 0.219 e. The summed E-state index contributed by atoms with van der Waals surface area (Å²) in [5, 5.41) is 0. The number of likely N-dealkylation sites (tertiary alicyclic amines) is 2. The van der Waals surface area contributed by atoms with E-state index >= 15 is 0 Å². The predicted octanol–water partition coefficient (Wildman–Crippen LogP) is 2.85. The lowest BCUT2D eigenvalue weighted by atomic mass is 9.79. The summed E-state index contributed by atoms with van der Waals surface area (Å²) in [6, 6.07) is 0.843. The van der Waals surface area contributed by atoms with Gasteiger partial charge in [0.15, 0.2) is 0 Å². The van der Waals surface area contributed by atoms with Crippen LogP contribution in [-0.2, 0) is 9.59 Å². The Labute approximate surface area is 160 Å². The van der Waals surface area contributed by atoms with Crippen LogP contribution in [0, 0.1) is 17.8 Å². The molecule has 0 radical (unpaired) electrons. The van der Waals surface area contributed by atoms with Crippen molar-refractivity contribution < 1.29 is 9.59 Å². The van der Waals surface area contributed by atoms with Crippen molar-refractivity contribution in [2.45, 2.75) is 72.4 Å². The molecule has 2 aliphatic heterocycles. The van der Waals surface area contributed by atoms with Gasteiger partial charge in [-0.3, -0.25) is 14.5 Å². The van der Waals surface area contributed by atoms with Crippen molar-refractivity contribution in [1.82, 2.24) is 14.7 Å². The molecule has 0 spiro atoms. The molecule has 0 aromatic rings. The number of rotatable bonds is 5. The lowest BCUT2D eigenvalue weighted by Crippen LogP contribution is -2.51. The van der Waals surface area contributed by atoms with Crippen molar-refractivity contribution in [1.29, 1.82) is 0 Å².